The molecule has 3 rings (SSSR count). The third-order valence-corrected chi connectivity index (χ3v) is 3.57. The van der Waals surface area contributed by atoms with Gasteiger partial charge in [-0.25, -0.2) is 9.18 Å². The summed E-state index contributed by atoms with van der Waals surface area (Å²) in [6, 6.07) is 11.3. The van der Waals surface area contributed by atoms with Crippen LogP contribution in [0.1, 0.15) is 5.56 Å². The normalized spacial score (nSPS) is 15.4. The third-order valence-electron chi connectivity index (χ3n) is 3.57. The lowest BCUT2D eigenvalue weighted by Gasteiger charge is -2.24. The standard InChI is InChI=1S/C18H16FNO5/c1-11-6-7-12(8-13(11)19)20-17(21)10-24-18(22)16-9-23-14-4-2-3-5-15(14)25-16/h2-8,16H,9-10H2,1H3,(H,20,21). The maximum Gasteiger partial charge on any atom is 0.351 e. The van der Waals surface area contributed by atoms with Gasteiger partial charge in [-0.15, -0.1) is 0 Å². The molecule has 130 valence electrons. The Labute approximate surface area is 143 Å². The van der Waals surface area contributed by atoms with Gasteiger partial charge in [-0.1, -0.05) is 18.2 Å². The van der Waals surface area contributed by atoms with Crippen LogP contribution in [0.25, 0.3) is 0 Å². The predicted molar refractivity (Wildman–Crippen MR) is 87.1 cm³/mol. The van der Waals surface area contributed by atoms with Crippen molar-refractivity contribution in [1.29, 1.82) is 0 Å². The second-order valence-electron chi connectivity index (χ2n) is 5.48. The van der Waals surface area contributed by atoms with E-state index in [1.807, 2.05) is 0 Å². The minimum Gasteiger partial charge on any atom is -0.485 e. The zero-order valence-corrected chi connectivity index (χ0v) is 13.5. The minimum absolute atomic E-state index is 0.000634. The van der Waals surface area contributed by atoms with Crippen molar-refractivity contribution in [2.24, 2.45) is 0 Å². The first kappa shape index (κ1) is 16.8. The highest BCUT2D eigenvalue weighted by atomic mass is 19.1. The number of fused-ring (bicyclic) bond motifs is 1. The number of aryl methyl sites for hydroxylation is 1. The van der Waals surface area contributed by atoms with Crippen molar-refractivity contribution in [1.82, 2.24) is 0 Å². The summed E-state index contributed by atoms with van der Waals surface area (Å²) in [6.07, 6.45) is -0.945. The number of carbonyl (C=O) groups is 2. The third kappa shape index (κ3) is 4.06. The second-order valence-corrected chi connectivity index (χ2v) is 5.48. The number of carbonyl (C=O) groups excluding carboxylic acids is 2. The van der Waals surface area contributed by atoms with E-state index in [9.17, 15) is 14.0 Å². The van der Waals surface area contributed by atoms with Gasteiger partial charge in [0, 0.05) is 5.69 Å². The van der Waals surface area contributed by atoms with Crippen LogP contribution in [0.2, 0.25) is 0 Å². The van der Waals surface area contributed by atoms with Crippen LogP contribution in [0.4, 0.5) is 10.1 Å². The summed E-state index contributed by atoms with van der Waals surface area (Å²) in [5.74, 6) is -0.726. The Bertz CT molecular complexity index is 808. The Morgan fingerprint density at radius 2 is 2.00 bits per heavy atom. The molecule has 1 unspecified atom stereocenters. The summed E-state index contributed by atoms with van der Waals surface area (Å²) < 4.78 is 29.3. The first-order valence-electron chi connectivity index (χ1n) is 7.64. The molecule has 0 aromatic heterocycles. The van der Waals surface area contributed by atoms with Crippen LogP contribution < -0.4 is 14.8 Å². The Morgan fingerprint density at radius 3 is 2.76 bits per heavy atom. The van der Waals surface area contributed by atoms with E-state index in [0.717, 1.165) is 0 Å². The lowest BCUT2D eigenvalue weighted by Crippen LogP contribution is -2.39. The quantitative estimate of drug-likeness (QED) is 0.862. The smallest absolute Gasteiger partial charge is 0.351 e. The summed E-state index contributed by atoms with van der Waals surface area (Å²) in [5, 5.41) is 2.46. The Hall–Kier alpha value is -3.09. The number of halogens is 1. The van der Waals surface area contributed by atoms with Crippen LogP contribution in [0, 0.1) is 12.7 Å². The molecule has 25 heavy (non-hydrogen) atoms. The molecule has 0 radical (unpaired) electrons. The van der Waals surface area contributed by atoms with Crippen molar-refractivity contribution in [3.05, 3.63) is 53.8 Å². The van der Waals surface area contributed by atoms with E-state index >= 15 is 0 Å². The second kappa shape index (κ2) is 7.21. The number of esters is 1. The monoisotopic (exact) mass is 345 g/mol. The maximum absolute atomic E-state index is 13.4. The van der Waals surface area contributed by atoms with Crippen LogP contribution in [0.15, 0.2) is 42.5 Å². The van der Waals surface area contributed by atoms with Gasteiger partial charge in [0.2, 0.25) is 6.10 Å². The molecule has 7 heteroatoms. The fraction of sp³-hybridized carbons (Fsp3) is 0.222. The van der Waals surface area contributed by atoms with Gasteiger partial charge >= 0.3 is 5.97 Å². The van der Waals surface area contributed by atoms with Gasteiger partial charge in [0.1, 0.15) is 12.4 Å². The van der Waals surface area contributed by atoms with E-state index in [4.69, 9.17) is 14.2 Å². The van der Waals surface area contributed by atoms with Crippen molar-refractivity contribution in [3.63, 3.8) is 0 Å². The van der Waals surface area contributed by atoms with Gasteiger partial charge in [-0.2, -0.15) is 0 Å². The number of hydrogen-bond acceptors (Lipinski definition) is 5. The van der Waals surface area contributed by atoms with E-state index in [2.05, 4.69) is 5.32 Å². The summed E-state index contributed by atoms with van der Waals surface area (Å²) in [5.41, 5.74) is 0.759. The molecule has 1 aliphatic rings. The molecule has 1 N–H and O–H groups in total. The molecule has 2 aromatic carbocycles. The average molecular weight is 345 g/mol. The summed E-state index contributed by atoms with van der Waals surface area (Å²) >= 11 is 0. The minimum atomic E-state index is -0.945. The molecule has 1 amide bonds. The number of rotatable bonds is 4. The fourth-order valence-electron chi connectivity index (χ4n) is 2.23. The van der Waals surface area contributed by atoms with E-state index in [-0.39, 0.29) is 12.3 Å². The van der Waals surface area contributed by atoms with E-state index < -0.39 is 30.4 Å². The molecular weight excluding hydrogens is 329 g/mol. The predicted octanol–water partition coefficient (Wildman–Crippen LogP) is 2.46. The van der Waals surface area contributed by atoms with Crippen LogP contribution in [-0.2, 0) is 14.3 Å². The fourth-order valence-corrected chi connectivity index (χ4v) is 2.23. The zero-order chi connectivity index (χ0) is 17.8. The number of amides is 1. The highest BCUT2D eigenvalue weighted by molar-refractivity contribution is 5.93. The highest BCUT2D eigenvalue weighted by Crippen LogP contribution is 2.31. The molecule has 0 fully saturated rings. The summed E-state index contributed by atoms with van der Waals surface area (Å²) in [4.78, 5) is 23.8. The van der Waals surface area contributed by atoms with Crippen molar-refractivity contribution < 1.29 is 28.2 Å². The Balaban J connectivity index is 1.50. The first-order chi connectivity index (χ1) is 12.0. The SMILES string of the molecule is Cc1ccc(NC(=O)COC(=O)C2COc3ccccc3O2)cc1F. The van der Waals surface area contributed by atoms with E-state index in [1.54, 1.807) is 43.3 Å². The molecule has 0 aliphatic carbocycles. The number of para-hydroxylation sites is 2. The number of nitrogens with one attached hydrogen (secondary N) is 1. The molecule has 0 saturated carbocycles. The van der Waals surface area contributed by atoms with Crippen molar-refractivity contribution in [2.45, 2.75) is 13.0 Å². The topological polar surface area (TPSA) is 73.9 Å². The van der Waals surface area contributed by atoms with Crippen molar-refractivity contribution in [2.75, 3.05) is 18.5 Å². The molecular formula is C18H16FNO5. The van der Waals surface area contributed by atoms with E-state index in [1.165, 1.54) is 6.07 Å². The lowest BCUT2D eigenvalue weighted by atomic mass is 10.2. The molecule has 0 spiro atoms. The van der Waals surface area contributed by atoms with Gasteiger partial charge < -0.3 is 19.5 Å². The molecule has 2 aromatic rings. The van der Waals surface area contributed by atoms with Crippen LogP contribution >= 0.6 is 0 Å². The molecule has 0 saturated heterocycles. The van der Waals surface area contributed by atoms with Crippen molar-refractivity contribution >= 4 is 17.6 Å². The molecule has 1 atom stereocenters. The molecule has 1 aliphatic heterocycles. The Kier molecular flexibility index (Phi) is 4.83. The molecule has 0 bridgehead atoms. The van der Waals surface area contributed by atoms with Gasteiger partial charge in [0.25, 0.3) is 5.91 Å². The Morgan fingerprint density at radius 1 is 1.24 bits per heavy atom. The number of anilines is 1. The number of benzene rings is 2. The van der Waals surface area contributed by atoms with Crippen LogP contribution in [-0.4, -0.2) is 31.2 Å². The van der Waals surface area contributed by atoms with Crippen LogP contribution in [0.5, 0.6) is 11.5 Å². The van der Waals surface area contributed by atoms with Crippen LogP contribution in [0.3, 0.4) is 0 Å². The van der Waals surface area contributed by atoms with E-state index in [0.29, 0.717) is 17.1 Å². The summed E-state index contributed by atoms with van der Waals surface area (Å²) in [7, 11) is 0. The first-order valence-corrected chi connectivity index (χ1v) is 7.64. The van der Waals surface area contributed by atoms with Gasteiger partial charge in [-0.3, -0.25) is 4.79 Å². The maximum atomic E-state index is 13.4. The molecule has 6 nitrogen and oxygen atoms in total. The lowest BCUT2D eigenvalue weighted by molar-refractivity contribution is -0.156. The largest absolute Gasteiger partial charge is 0.485 e. The number of ether oxygens (including phenoxy) is 3. The van der Waals surface area contributed by atoms with Gasteiger partial charge in [0.05, 0.1) is 0 Å². The average Bonchev–Trinajstić information content (AvgIpc) is 2.62. The van der Waals surface area contributed by atoms with Crippen molar-refractivity contribution in [3.8, 4) is 11.5 Å². The summed E-state index contributed by atoms with van der Waals surface area (Å²) in [6.45, 7) is 1.11. The zero-order valence-electron chi connectivity index (χ0n) is 13.5. The van der Waals surface area contributed by atoms with Gasteiger partial charge in [-0.05, 0) is 36.8 Å². The highest BCUT2D eigenvalue weighted by Gasteiger charge is 2.29. The molecule has 1 heterocycles. The number of hydrogen-bond donors (Lipinski definition) is 1. The van der Waals surface area contributed by atoms with Gasteiger partial charge in [0.15, 0.2) is 18.1 Å².